The number of esters is 1. The molecule has 0 fully saturated rings. The Bertz CT molecular complexity index is 359. The van der Waals surface area contributed by atoms with Crippen molar-refractivity contribution in [2.75, 3.05) is 6.61 Å². The van der Waals surface area contributed by atoms with Crippen molar-refractivity contribution in [1.29, 1.82) is 0 Å². The van der Waals surface area contributed by atoms with Crippen molar-refractivity contribution in [2.45, 2.75) is 25.9 Å². The first-order valence-electron chi connectivity index (χ1n) is 5.10. The first kappa shape index (κ1) is 10.0. The minimum absolute atomic E-state index is 0.291. The van der Waals surface area contributed by atoms with Crippen LogP contribution in [0.15, 0.2) is 24.3 Å². The monoisotopic (exact) mass is 206 g/mol. The Balaban J connectivity index is 2.21. The first-order valence-corrected chi connectivity index (χ1v) is 5.10. The van der Waals surface area contributed by atoms with Crippen LogP contribution in [-0.2, 0) is 16.0 Å². The van der Waals surface area contributed by atoms with E-state index in [1.807, 2.05) is 24.3 Å². The number of fused-ring (bicyclic) bond motifs is 1. The van der Waals surface area contributed by atoms with Crippen LogP contribution in [0, 0.1) is 0 Å². The van der Waals surface area contributed by atoms with Crippen LogP contribution in [0.4, 0.5) is 0 Å². The molecule has 2 rings (SSSR count). The number of hydrogen-bond donors (Lipinski definition) is 0. The number of rotatable bonds is 2. The Morgan fingerprint density at radius 1 is 1.53 bits per heavy atom. The molecule has 0 unspecified atom stereocenters. The molecule has 80 valence electrons. The van der Waals surface area contributed by atoms with Crippen molar-refractivity contribution < 1.29 is 14.3 Å². The van der Waals surface area contributed by atoms with Crippen LogP contribution in [0.1, 0.15) is 19.4 Å². The van der Waals surface area contributed by atoms with Gasteiger partial charge in [0.1, 0.15) is 5.75 Å². The molecule has 0 saturated carbocycles. The van der Waals surface area contributed by atoms with Gasteiger partial charge in [-0.1, -0.05) is 18.2 Å². The molecule has 15 heavy (non-hydrogen) atoms. The van der Waals surface area contributed by atoms with Gasteiger partial charge in [-0.3, -0.25) is 0 Å². The van der Waals surface area contributed by atoms with Gasteiger partial charge in [-0.05, 0) is 25.5 Å². The average molecular weight is 206 g/mol. The summed E-state index contributed by atoms with van der Waals surface area (Å²) in [5, 5.41) is 0. The molecular weight excluding hydrogens is 192 g/mol. The highest BCUT2D eigenvalue weighted by Crippen LogP contribution is 2.35. The number of para-hydroxylation sites is 1. The van der Waals surface area contributed by atoms with E-state index in [2.05, 4.69) is 0 Å². The molecule has 0 bridgehead atoms. The lowest BCUT2D eigenvalue weighted by molar-refractivity contribution is -0.158. The molecule has 1 aromatic carbocycles. The fourth-order valence-corrected chi connectivity index (χ4v) is 1.79. The van der Waals surface area contributed by atoms with Crippen molar-refractivity contribution >= 4 is 5.97 Å². The fourth-order valence-electron chi connectivity index (χ4n) is 1.79. The molecule has 1 aromatic rings. The molecule has 3 heteroatoms. The molecule has 0 amide bonds. The van der Waals surface area contributed by atoms with Crippen molar-refractivity contribution in [1.82, 2.24) is 0 Å². The van der Waals surface area contributed by atoms with E-state index in [1.165, 1.54) is 0 Å². The van der Waals surface area contributed by atoms with Crippen molar-refractivity contribution in [3.8, 4) is 5.75 Å². The third-order valence-electron chi connectivity index (χ3n) is 2.54. The SMILES string of the molecule is CCOC(=O)[C@@]1(C)Cc2ccccc2O1. The molecule has 0 aliphatic carbocycles. The Morgan fingerprint density at radius 3 is 2.93 bits per heavy atom. The number of hydrogen-bond acceptors (Lipinski definition) is 3. The van der Waals surface area contributed by atoms with E-state index in [4.69, 9.17) is 9.47 Å². The molecule has 1 aliphatic rings. The zero-order valence-electron chi connectivity index (χ0n) is 8.95. The predicted octanol–water partition coefficient (Wildman–Crippen LogP) is 1.94. The molecule has 1 atom stereocenters. The lowest BCUT2D eigenvalue weighted by Gasteiger charge is -2.21. The zero-order valence-corrected chi connectivity index (χ0v) is 8.95. The van der Waals surface area contributed by atoms with Gasteiger partial charge in [0.05, 0.1) is 6.61 Å². The molecule has 0 aromatic heterocycles. The standard InChI is InChI=1S/C12H14O3/c1-3-14-11(13)12(2)8-9-6-4-5-7-10(9)15-12/h4-7H,3,8H2,1-2H3/t12-/m1/s1. The van der Waals surface area contributed by atoms with E-state index in [0.29, 0.717) is 13.0 Å². The number of carbonyl (C=O) groups excluding carboxylic acids is 1. The van der Waals surface area contributed by atoms with Gasteiger partial charge in [0.15, 0.2) is 0 Å². The maximum Gasteiger partial charge on any atom is 0.350 e. The van der Waals surface area contributed by atoms with Gasteiger partial charge >= 0.3 is 5.97 Å². The van der Waals surface area contributed by atoms with Crippen molar-refractivity contribution in [2.24, 2.45) is 0 Å². The molecule has 0 radical (unpaired) electrons. The summed E-state index contributed by atoms with van der Waals surface area (Å²) < 4.78 is 10.6. The van der Waals surface area contributed by atoms with Crippen LogP contribution < -0.4 is 4.74 Å². The highest BCUT2D eigenvalue weighted by molar-refractivity contribution is 5.81. The summed E-state index contributed by atoms with van der Waals surface area (Å²) in [6, 6.07) is 7.69. The Hall–Kier alpha value is -1.51. The summed E-state index contributed by atoms with van der Waals surface area (Å²) in [4.78, 5) is 11.7. The zero-order chi connectivity index (χ0) is 10.9. The molecule has 0 spiro atoms. The summed E-state index contributed by atoms with van der Waals surface area (Å²) in [7, 11) is 0. The van der Waals surface area contributed by atoms with E-state index >= 15 is 0 Å². The van der Waals surface area contributed by atoms with Crippen LogP contribution in [-0.4, -0.2) is 18.2 Å². The number of benzene rings is 1. The first-order chi connectivity index (χ1) is 7.15. The number of carbonyl (C=O) groups is 1. The molecular formula is C12H14O3. The minimum Gasteiger partial charge on any atom is -0.475 e. The van der Waals surface area contributed by atoms with Gasteiger partial charge in [0.2, 0.25) is 5.60 Å². The van der Waals surface area contributed by atoms with Crippen LogP contribution >= 0.6 is 0 Å². The minimum atomic E-state index is -0.848. The molecule has 0 N–H and O–H groups in total. The predicted molar refractivity (Wildman–Crippen MR) is 55.8 cm³/mol. The summed E-state index contributed by atoms with van der Waals surface area (Å²) in [5.41, 5.74) is 0.215. The van der Waals surface area contributed by atoms with E-state index in [9.17, 15) is 4.79 Å². The Kier molecular flexibility index (Phi) is 2.39. The molecule has 1 aliphatic heterocycles. The third-order valence-corrected chi connectivity index (χ3v) is 2.54. The molecule has 1 heterocycles. The second-order valence-corrected chi connectivity index (χ2v) is 3.84. The van der Waals surface area contributed by atoms with Gasteiger partial charge in [-0.15, -0.1) is 0 Å². The van der Waals surface area contributed by atoms with E-state index in [1.54, 1.807) is 13.8 Å². The van der Waals surface area contributed by atoms with Gasteiger partial charge in [0.25, 0.3) is 0 Å². The molecule has 3 nitrogen and oxygen atoms in total. The van der Waals surface area contributed by atoms with Crippen molar-refractivity contribution in [3.05, 3.63) is 29.8 Å². The Morgan fingerprint density at radius 2 is 2.27 bits per heavy atom. The normalized spacial score (nSPS) is 23.1. The lowest BCUT2D eigenvalue weighted by Crippen LogP contribution is -2.41. The maximum absolute atomic E-state index is 11.7. The highest BCUT2D eigenvalue weighted by atomic mass is 16.6. The van der Waals surface area contributed by atoms with Crippen LogP contribution in [0.2, 0.25) is 0 Å². The summed E-state index contributed by atoms with van der Waals surface area (Å²) in [6.07, 6.45) is 0.585. The van der Waals surface area contributed by atoms with Gasteiger partial charge in [-0.2, -0.15) is 0 Å². The average Bonchev–Trinajstić information content (AvgIpc) is 2.56. The van der Waals surface area contributed by atoms with E-state index in [0.717, 1.165) is 11.3 Å². The number of ether oxygens (including phenoxy) is 2. The summed E-state index contributed by atoms with van der Waals surface area (Å²) >= 11 is 0. The summed E-state index contributed by atoms with van der Waals surface area (Å²) in [6.45, 7) is 3.95. The third kappa shape index (κ3) is 1.69. The quantitative estimate of drug-likeness (QED) is 0.694. The van der Waals surface area contributed by atoms with E-state index < -0.39 is 5.60 Å². The topological polar surface area (TPSA) is 35.5 Å². The van der Waals surface area contributed by atoms with E-state index in [-0.39, 0.29) is 5.97 Å². The largest absolute Gasteiger partial charge is 0.475 e. The Labute approximate surface area is 89.0 Å². The van der Waals surface area contributed by atoms with Crippen LogP contribution in [0.5, 0.6) is 5.75 Å². The fraction of sp³-hybridized carbons (Fsp3) is 0.417. The molecule has 0 saturated heterocycles. The van der Waals surface area contributed by atoms with Crippen LogP contribution in [0.3, 0.4) is 0 Å². The lowest BCUT2D eigenvalue weighted by atomic mass is 10.00. The van der Waals surface area contributed by atoms with Crippen molar-refractivity contribution in [3.63, 3.8) is 0 Å². The van der Waals surface area contributed by atoms with Gasteiger partial charge < -0.3 is 9.47 Å². The maximum atomic E-state index is 11.7. The summed E-state index contributed by atoms with van der Waals surface area (Å²) in [5.74, 6) is 0.495. The van der Waals surface area contributed by atoms with Gasteiger partial charge in [0, 0.05) is 6.42 Å². The van der Waals surface area contributed by atoms with Crippen LogP contribution in [0.25, 0.3) is 0 Å². The second-order valence-electron chi connectivity index (χ2n) is 3.84. The highest BCUT2D eigenvalue weighted by Gasteiger charge is 2.42. The second kappa shape index (κ2) is 3.57. The smallest absolute Gasteiger partial charge is 0.350 e. The van der Waals surface area contributed by atoms with Gasteiger partial charge in [-0.25, -0.2) is 4.79 Å².